The Morgan fingerprint density at radius 3 is 2.72 bits per heavy atom. The summed E-state index contributed by atoms with van der Waals surface area (Å²) in [5, 5.41) is 17.9. The second kappa shape index (κ2) is 6.85. The van der Waals surface area contributed by atoms with Gasteiger partial charge in [0.25, 0.3) is 0 Å². The van der Waals surface area contributed by atoms with E-state index in [1.807, 2.05) is 32.0 Å². The summed E-state index contributed by atoms with van der Waals surface area (Å²) in [5.41, 5.74) is 0.554. The van der Waals surface area contributed by atoms with Crippen LogP contribution in [0.4, 0.5) is 22.5 Å². The Hall–Kier alpha value is -3.01. The van der Waals surface area contributed by atoms with E-state index in [1.54, 1.807) is 7.11 Å². The third-order valence-electron chi connectivity index (χ3n) is 3.25. The van der Waals surface area contributed by atoms with Gasteiger partial charge in [-0.25, -0.2) is 15.0 Å². The Bertz CT molecular complexity index is 927. The molecule has 0 fully saturated rings. The number of anilines is 3. The molecule has 0 radical (unpaired) electrons. The second-order valence-electron chi connectivity index (χ2n) is 5.45. The van der Waals surface area contributed by atoms with Crippen molar-refractivity contribution in [3.63, 3.8) is 0 Å². The van der Waals surface area contributed by atoms with Crippen LogP contribution in [0, 0.1) is 10.1 Å². The molecule has 0 aliphatic heterocycles. The van der Waals surface area contributed by atoms with Crippen LogP contribution in [0.25, 0.3) is 10.2 Å². The van der Waals surface area contributed by atoms with Gasteiger partial charge < -0.3 is 15.4 Å². The summed E-state index contributed by atoms with van der Waals surface area (Å²) in [6.45, 7) is 3.75. The number of nitro groups is 1. The molecule has 3 rings (SSSR count). The zero-order valence-corrected chi connectivity index (χ0v) is 14.6. The van der Waals surface area contributed by atoms with E-state index in [4.69, 9.17) is 4.74 Å². The molecule has 9 nitrogen and oxygen atoms in total. The van der Waals surface area contributed by atoms with Gasteiger partial charge in [0.1, 0.15) is 12.1 Å². The molecule has 0 aliphatic rings. The highest BCUT2D eigenvalue weighted by Gasteiger charge is 2.24. The first-order valence-corrected chi connectivity index (χ1v) is 8.27. The van der Waals surface area contributed by atoms with Gasteiger partial charge in [0.2, 0.25) is 11.6 Å². The summed E-state index contributed by atoms with van der Waals surface area (Å²) >= 11 is 1.36. The fraction of sp³-hybridized carbons (Fsp3) is 0.267. The van der Waals surface area contributed by atoms with Crippen molar-refractivity contribution < 1.29 is 9.66 Å². The fourth-order valence-corrected chi connectivity index (χ4v) is 3.10. The topological polar surface area (TPSA) is 115 Å². The van der Waals surface area contributed by atoms with Crippen LogP contribution in [0.15, 0.2) is 24.5 Å². The Balaban J connectivity index is 1.98. The number of rotatable bonds is 6. The minimum Gasteiger partial charge on any atom is -0.497 e. The molecule has 0 saturated heterocycles. The molecule has 3 aromatic rings. The van der Waals surface area contributed by atoms with Gasteiger partial charge in [-0.05, 0) is 32.0 Å². The molecule has 2 heterocycles. The molecule has 0 bridgehead atoms. The van der Waals surface area contributed by atoms with Crippen molar-refractivity contribution in [2.45, 2.75) is 19.9 Å². The Labute approximate surface area is 147 Å². The van der Waals surface area contributed by atoms with E-state index in [2.05, 4.69) is 25.6 Å². The van der Waals surface area contributed by atoms with E-state index in [9.17, 15) is 10.1 Å². The molecular weight excluding hydrogens is 344 g/mol. The van der Waals surface area contributed by atoms with Crippen LogP contribution in [0.5, 0.6) is 5.75 Å². The number of hydrogen-bond acceptors (Lipinski definition) is 9. The summed E-state index contributed by atoms with van der Waals surface area (Å²) in [7, 11) is 1.59. The Morgan fingerprint density at radius 1 is 1.28 bits per heavy atom. The van der Waals surface area contributed by atoms with Gasteiger partial charge in [0.15, 0.2) is 5.13 Å². The van der Waals surface area contributed by atoms with Crippen LogP contribution in [0.3, 0.4) is 0 Å². The van der Waals surface area contributed by atoms with Crippen LogP contribution in [0.2, 0.25) is 0 Å². The van der Waals surface area contributed by atoms with Crippen LogP contribution in [-0.4, -0.2) is 33.0 Å². The van der Waals surface area contributed by atoms with Crippen molar-refractivity contribution in [1.82, 2.24) is 15.0 Å². The van der Waals surface area contributed by atoms with Crippen molar-refractivity contribution >= 4 is 44.0 Å². The molecule has 0 unspecified atom stereocenters. The van der Waals surface area contributed by atoms with E-state index in [1.165, 1.54) is 17.7 Å². The summed E-state index contributed by atoms with van der Waals surface area (Å²) in [4.78, 5) is 23.4. The number of fused-ring (bicyclic) bond motifs is 1. The molecule has 10 heteroatoms. The Kier molecular flexibility index (Phi) is 4.61. The second-order valence-corrected chi connectivity index (χ2v) is 6.48. The van der Waals surface area contributed by atoms with E-state index in [0.29, 0.717) is 5.13 Å². The minimum atomic E-state index is -0.511. The first-order valence-electron chi connectivity index (χ1n) is 7.45. The van der Waals surface area contributed by atoms with Crippen molar-refractivity contribution in [3.05, 3.63) is 34.6 Å². The predicted molar refractivity (Wildman–Crippen MR) is 96.9 cm³/mol. The Morgan fingerprint density at radius 2 is 2.04 bits per heavy atom. The first-order chi connectivity index (χ1) is 12.0. The van der Waals surface area contributed by atoms with Crippen molar-refractivity contribution in [1.29, 1.82) is 0 Å². The molecule has 0 spiro atoms. The highest BCUT2D eigenvalue weighted by Crippen LogP contribution is 2.35. The van der Waals surface area contributed by atoms with Gasteiger partial charge in [-0.3, -0.25) is 10.1 Å². The number of hydrogen-bond donors (Lipinski definition) is 2. The third-order valence-corrected chi connectivity index (χ3v) is 4.18. The van der Waals surface area contributed by atoms with Gasteiger partial charge in [-0.15, -0.1) is 0 Å². The number of aromatic nitrogens is 3. The monoisotopic (exact) mass is 360 g/mol. The van der Waals surface area contributed by atoms with E-state index >= 15 is 0 Å². The van der Waals surface area contributed by atoms with Crippen LogP contribution < -0.4 is 15.4 Å². The lowest BCUT2D eigenvalue weighted by atomic mass is 10.3. The van der Waals surface area contributed by atoms with E-state index in [-0.39, 0.29) is 23.4 Å². The van der Waals surface area contributed by atoms with Gasteiger partial charge in [-0.2, -0.15) is 0 Å². The highest BCUT2D eigenvalue weighted by molar-refractivity contribution is 7.22. The molecule has 0 aliphatic carbocycles. The number of nitrogens with zero attached hydrogens (tertiary/aromatic N) is 4. The number of nitrogens with one attached hydrogen (secondary N) is 2. The quantitative estimate of drug-likeness (QED) is 0.506. The molecule has 1 aromatic carbocycles. The van der Waals surface area contributed by atoms with Crippen molar-refractivity contribution in [2.75, 3.05) is 17.7 Å². The minimum absolute atomic E-state index is 0.00337. The standard InChI is InChI=1S/C15H16N6O3S/c1-8(2)18-13-12(21(22)23)14(17-7-16-13)20-15-19-10-5-4-9(24-3)6-11(10)25-15/h4-8H,1-3H3,(H2,16,17,18,19,20). The molecule has 130 valence electrons. The van der Waals surface area contributed by atoms with E-state index < -0.39 is 4.92 Å². The molecular formula is C15H16N6O3S. The zero-order chi connectivity index (χ0) is 18.0. The fourth-order valence-electron chi connectivity index (χ4n) is 2.21. The summed E-state index contributed by atoms with van der Waals surface area (Å²) < 4.78 is 6.10. The number of thiazole rings is 1. The molecule has 25 heavy (non-hydrogen) atoms. The molecule has 2 aromatic heterocycles. The third kappa shape index (κ3) is 3.58. The summed E-state index contributed by atoms with van der Waals surface area (Å²) in [5.74, 6) is 0.980. The summed E-state index contributed by atoms with van der Waals surface area (Å²) in [6.07, 6.45) is 1.27. The van der Waals surface area contributed by atoms with Gasteiger partial charge in [0.05, 0.1) is 22.2 Å². The largest absolute Gasteiger partial charge is 0.497 e. The zero-order valence-electron chi connectivity index (χ0n) is 13.8. The lowest BCUT2D eigenvalue weighted by Crippen LogP contribution is -2.14. The van der Waals surface area contributed by atoms with Crippen molar-refractivity contribution in [3.8, 4) is 5.75 Å². The molecule has 2 N–H and O–H groups in total. The predicted octanol–water partition coefficient (Wildman–Crippen LogP) is 3.57. The average Bonchev–Trinajstić information content (AvgIpc) is 2.95. The van der Waals surface area contributed by atoms with Crippen LogP contribution in [-0.2, 0) is 0 Å². The molecule has 0 atom stereocenters. The number of ether oxygens (including phenoxy) is 1. The normalized spacial score (nSPS) is 10.9. The molecule has 0 saturated carbocycles. The van der Waals surface area contributed by atoms with Crippen molar-refractivity contribution in [2.24, 2.45) is 0 Å². The maximum atomic E-state index is 11.5. The van der Waals surface area contributed by atoms with Gasteiger partial charge in [0, 0.05) is 6.04 Å². The highest BCUT2D eigenvalue weighted by atomic mass is 32.1. The number of benzene rings is 1. The van der Waals surface area contributed by atoms with Gasteiger partial charge in [-0.1, -0.05) is 11.3 Å². The maximum Gasteiger partial charge on any atom is 0.353 e. The SMILES string of the molecule is COc1ccc2nc(Nc3ncnc(NC(C)C)c3[N+](=O)[O-])sc2c1. The first kappa shape index (κ1) is 16.8. The number of methoxy groups -OCH3 is 1. The lowest BCUT2D eigenvalue weighted by Gasteiger charge is -2.10. The molecule has 0 amide bonds. The van der Waals surface area contributed by atoms with Crippen LogP contribution >= 0.6 is 11.3 Å². The lowest BCUT2D eigenvalue weighted by molar-refractivity contribution is -0.383. The smallest absolute Gasteiger partial charge is 0.353 e. The van der Waals surface area contributed by atoms with Gasteiger partial charge >= 0.3 is 5.69 Å². The maximum absolute atomic E-state index is 11.5. The summed E-state index contributed by atoms with van der Waals surface area (Å²) in [6, 6.07) is 5.49. The van der Waals surface area contributed by atoms with E-state index in [0.717, 1.165) is 16.0 Å². The average molecular weight is 360 g/mol. The van der Waals surface area contributed by atoms with Crippen LogP contribution in [0.1, 0.15) is 13.8 Å².